The Kier molecular flexibility index (Phi) is 5.85. The van der Waals surface area contributed by atoms with Crippen LogP contribution in [0, 0.1) is 13.8 Å². The molecule has 0 amide bonds. The first-order valence-corrected chi connectivity index (χ1v) is 11.2. The summed E-state index contributed by atoms with van der Waals surface area (Å²) in [5.41, 5.74) is 2.34. The van der Waals surface area contributed by atoms with E-state index in [-0.39, 0.29) is 22.8 Å². The number of nitrogens with one attached hydrogen (secondary N) is 1. The van der Waals surface area contributed by atoms with Crippen LogP contribution in [0.4, 0.5) is 5.69 Å². The number of H-pyrrole nitrogens is 1. The summed E-state index contributed by atoms with van der Waals surface area (Å²) in [4.78, 5) is 40.0. The van der Waals surface area contributed by atoms with Gasteiger partial charge in [-0.15, -0.1) is 0 Å². The number of esters is 1. The lowest BCUT2D eigenvalue weighted by Crippen LogP contribution is -2.26. The van der Waals surface area contributed by atoms with Crippen molar-refractivity contribution in [3.63, 3.8) is 0 Å². The zero-order valence-electron chi connectivity index (χ0n) is 17.3. The second-order valence-corrected chi connectivity index (χ2v) is 9.40. The number of aromatic amines is 1. The molecule has 0 saturated carbocycles. The Morgan fingerprint density at radius 2 is 1.90 bits per heavy atom. The zero-order chi connectivity index (χ0) is 22.2. The molecule has 1 aromatic heterocycles. The molecule has 8 nitrogen and oxygen atoms in total. The van der Waals surface area contributed by atoms with E-state index in [1.54, 1.807) is 26.0 Å². The quantitative estimate of drug-likeness (QED) is 0.555. The third-order valence-corrected chi connectivity index (χ3v) is 7.03. The van der Waals surface area contributed by atoms with E-state index in [0.29, 0.717) is 35.5 Å². The Morgan fingerprint density at radius 1 is 1.20 bits per heavy atom. The molecule has 1 N–H and O–H groups in total. The van der Waals surface area contributed by atoms with Crippen LogP contribution >= 0.6 is 0 Å². The molecule has 0 spiro atoms. The van der Waals surface area contributed by atoms with E-state index in [2.05, 4.69) is 4.98 Å². The number of Topliss-reactive ketones (excluding diaryl/α,β-unsaturated/α-hetero) is 2. The number of aromatic nitrogens is 1. The lowest BCUT2D eigenvalue weighted by Gasteiger charge is -2.18. The molecule has 1 fully saturated rings. The van der Waals surface area contributed by atoms with Gasteiger partial charge in [0.05, 0.1) is 22.7 Å². The van der Waals surface area contributed by atoms with E-state index in [0.717, 1.165) is 0 Å². The Bertz CT molecular complexity index is 1130. The summed E-state index contributed by atoms with van der Waals surface area (Å²) in [6.45, 7) is 6.61. The Morgan fingerprint density at radius 3 is 2.47 bits per heavy atom. The van der Waals surface area contributed by atoms with Crippen molar-refractivity contribution in [3.8, 4) is 0 Å². The van der Waals surface area contributed by atoms with Gasteiger partial charge >= 0.3 is 5.97 Å². The van der Waals surface area contributed by atoms with Gasteiger partial charge in [-0.25, -0.2) is 13.2 Å². The Balaban J connectivity index is 1.78. The maximum absolute atomic E-state index is 12.8. The van der Waals surface area contributed by atoms with Crippen molar-refractivity contribution in [2.24, 2.45) is 0 Å². The molecule has 1 aliphatic heterocycles. The largest absolute Gasteiger partial charge is 0.451 e. The normalized spacial score (nSPS) is 16.3. The van der Waals surface area contributed by atoms with Crippen molar-refractivity contribution in [2.45, 2.75) is 40.2 Å². The Labute approximate surface area is 175 Å². The predicted molar refractivity (Wildman–Crippen MR) is 112 cm³/mol. The van der Waals surface area contributed by atoms with Crippen molar-refractivity contribution < 1.29 is 27.5 Å². The number of aryl methyl sites for hydroxylation is 1. The summed E-state index contributed by atoms with van der Waals surface area (Å²) in [6, 6.07) is 6.14. The summed E-state index contributed by atoms with van der Waals surface area (Å²) in [6.07, 6.45) is -0.562. The monoisotopic (exact) mass is 432 g/mol. The van der Waals surface area contributed by atoms with Gasteiger partial charge < -0.3 is 9.72 Å². The van der Waals surface area contributed by atoms with Gasteiger partial charge in [-0.1, -0.05) is 6.07 Å². The van der Waals surface area contributed by atoms with E-state index in [9.17, 15) is 22.8 Å². The van der Waals surface area contributed by atoms with Crippen LogP contribution in [0.2, 0.25) is 0 Å². The molecule has 1 saturated heterocycles. The van der Waals surface area contributed by atoms with Crippen molar-refractivity contribution in [2.75, 3.05) is 16.6 Å². The number of benzene rings is 1. The number of rotatable bonds is 6. The number of sulfonamides is 1. The first kappa shape index (κ1) is 21.8. The second-order valence-electron chi connectivity index (χ2n) is 7.39. The van der Waals surface area contributed by atoms with Gasteiger partial charge in [0.2, 0.25) is 15.8 Å². The Hall–Kier alpha value is -2.94. The number of ketones is 2. The summed E-state index contributed by atoms with van der Waals surface area (Å²) in [7, 11) is -3.37. The van der Waals surface area contributed by atoms with Crippen LogP contribution in [-0.4, -0.2) is 49.3 Å². The zero-order valence-corrected chi connectivity index (χ0v) is 18.1. The van der Waals surface area contributed by atoms with E-state index in [1.165, 1.54) is 30.3 Å². The number of nitrogens with zero attached hydrogens (tertiary/aromatic N) is 1. The van der Waals surface area contributed by atoms with E-state index in [4.69, 9.17) is 4.74 Å². The van der Waals surface area contributed by atoms with E-state index in [1.807, 2.05) is 0 Å². The average Bonchev–Trinajstić information content (AvgIpc) is 3.18. The number of hydrogen-bond acceptors (Lipinski definition) is 6. The van der Waals surface area contributed by atoms with Crippen molar-refractivity contribution >= 4 is 33.2 Å². The van der Waals surface area contributed by atoms with E-state index >= 15 is 0 Å². The summed E-state index contributed by atoms with van der Waals surface area (Å²) < 4.78 is 30.8. The van der Waals surface area contributed by atoms with Crippen molar-refractivity contribution in [3.05, 3.63) is 52.3 Å². The molecule has 0 unspecified atom stereocenters. The molecule has 1 aliphatic rings. The fourth-order valence-electron chi connectivity index (χ4n) is 3.73. The highest BCUT2D eigenvalue weighted by molar-refractivity contribution is 7.93. The van der Waals surface area contributed by atoms with E-state index < -0.39 is 27.9 Å². The van der Waals surface area contributed by atoms with Crippen LogP contribution in [-0.2, 0) is 14.8 Å². The summed E-state index contributed by atoms with van der Waals surface area (Å²) in [5, 5.41) is 0. The van der Waals surface area contributed by atoms with Crippen LogP contribution in [0.1, 0.15) is 62.7 Å². The second kappa shape index (κ2) is 8.06. The fourth-order valence-corrected chi connectivity index (χ4v) is 5.28. The first-order valence-electron chi connectivity index (χ1n) is 9.58. The molecule has 2 aromatic rings. The summed E-state index contributed by atoms with van der Waals surface area (Å²) in [5.74, 6) is -1.26. The minimum absolute atomic E-state index is 0.0738. The predicted octanol–water partition coefficient (Wildman–Crippen LogP) is 2.80. The molecule has 30 heavy (non-hydrogen) atoms. The molecule has 9 heteroatoms. The fraction of sp³-hybridized carbons (Fsp3) is 0.381. The molecular weight excluding hydrogens is 408 g/mol. The third kappa shape index (κ3) is 4.02. The topological polar surface area (TPSA) is 114 Å². The maximum atomic E-state index is 12.8. The molecule has 3 rings (SSSR count). The molecule has 2 heterocycles. The minimum Gasteiger partial charge on any atom is -0.451 e. The lowest BCUT2D eigenvalue weighted by atomic mass is 10.0. The van der Waals surface area contributed by atoms with Crippen LogP contribution in [0.3, 0.4) is 0 Å². The van der Waals surface area contributed by atoms with Gasteiger partial charge in [-0.2, -0.15) is 0 Å². The molecule has 1 aromatic carbocycles. The van der Waals surface area contributed by atoms with Gasteiger partial charge in [-0.05, 0) is 57.9 Å². The SMILES string of the molecule is CC(=O)c1c(C)[nH]c(C(=O)[C@H](C)OC(=O)c2cccc(N3CCCS3(=O)=O)c2)c1C. The average molecular weight is 432 g/mol. The number of carbonyl (C=O) groups excluding carboxylic acids is 3. The van der Waals surface area contributed by atoms with Crippen LogP contribution in [0.5, 0.6) is 0 Å². The standard InChI is InChI=1S/C21H24N2O6S/c1-12-18(14(3)24)13(2)22-19(12)20(25)15(4)29-21(26)16-7-5-8-17(11-16)23-9-6-10-30(23,27)28/h5,7-8,11,15,22H,6,9-10H2,1-4H3/t15-/m0/s1. The van der Waals surface area contributed by atoms with Gasteiger partial charge in [0.15, 0.2) is 11.9 Å². The van der Waals surface area contributed by atoms with Crippen molar-refractivity contribution in [1.82, 2.24) is 4.98 Å². The highest BCUT2D eigenvalue weighted by atomic mass is 32.2. The van der Waals surface area contributed by atoms with Gasteiger partial charge in [0, 0.05) is 17.8 Å². The van der Waals surface area contributed by atoms with Crippen LogP contribution in [0.15, 0.2) is 24.3 Å². The van der Waals surface area contributed by atoms with Crippen molar-refractivity contribution in [1.29, 1.82) is 0 Å². The first-order chi connectivity index (χ1) is 14.0. The van der Waals surface area contributed by atoms with Gasteiger partial charge in [-0.3, -0.25) is 13.9 Å². The minimum atomic E-state index is -3.37. The lowest BCUT2D eigenvalue weighted by molar-refractivity contribution is 0.0317. The summed E-state index contributed by atoms with van der Waals surface area (Å²) >= 11 is 0. The highest BCUT2D eigenvalue weighted by Crippen LogP contribution is 2.25. The van der Waals surface area contributed by atoms with Crippen LogP contribution in [0.25, 0.3) is 0 Å². The third-order valence-electron chi connectivity index (χ3n) is 5.16. The molecule has 160 valence electrons. The molecule has 0 radical (unpaired) electrons. The highest BCUT2D eigenvalue weighted by Gasteiger charge is 2.30. The maximum Gasteiger partial charge on any atom is 0.338 e. The number of hydrogen-bond donors (Lipinski definition) is 1. The van der Waals surface area contributed by atoms with Gasteiger partial charge in [0.1, 0.15) is 0 Å². The van der Waals surface area contributed by atoms with Gasteiger partial charge in [0.25, 0.3) is 0 Å². The molecule has 0 bridgehead atoms. The number of anilines is 1. The molecule has 1 atom stereocenters. The molecular formula is C21H24N2O6S. The smallest absolute Gasteiger partial charge is 0.338 e. The number of ether oxygens (including phenoxy) is 1. The van der Waals surface area contributed by atoms with Crippen LogP contribution < -0.4 is 4.31 Å². The molecule has 0 aliphatic carbocycles. The number of carbonyl (C=O) groups is 3.